The summed E-state index contributed by atoms with van der Waals surface area (Å²) < 4.78 is 21.3. The molecule has 0 aromatic heterocycles. The van der Waals surface area contributed by atoms with Crippen molar-refractivity contribution in [2.45, 2.75) is 114 Å². The maximum absolute atomic E-state index is 14.1. The minimum Gasteiger partial charge on any atom is -0.480 e. The first-order valence-electron chi connectivity index (χ1n) is 23.1. The van der Waals surface area contributed by atoms with Gasteiger partial charge in [-0.25, -0.2) is 4.79 Å². The summed E-state index contributed by atoms with van der Waals surface area (Å²) in [7, 11) is 0. The maximum atomic E-state index is 14.1. The van der Waals surface area contributed by atoms with Gasteiger partial charge in [0.1, 0.15) is 31.3 Å². The summed E-state index contributed by atoms with van der Waals surface area (Å²) in [5.74, 6) is -4.95. The van der Waals surface area contributed by atoms with Crippen LogP contribution in [0.4, 0.5) is 0 Å². The van der Waals surface area contributed by atoms with Crippen molar-refractivity contribution in [2.75, 3.05) is 91.3 Å². The number of nitrogens with two attached hydrogens (primary N) is 3. The maximum Gasteiger partial charge on any atom is 0.326 e. The third-order valence-electron chi connectivity index (χ3n) is 10.6. The summed E-state index contributed by atoms with van der Waals surface area (Å²) in [5, 5.41) is 35.8. The number of ketones is 1. The molecule has 1 unspecified atom stereocenters. The second-order valence-electron chi connectivity index (χ2n) is 16.2. The molecule has 26 nitrogen and oxygen atoms in total. The van der Waals surface area contributed by atoms with Crippen molar-refractivity contribution >= 4 is 70.0 Å². The molecule has 0 spiro atoms. The highest BCUT2D eigenvalue weighted by molar-refractivity contribution is 8.14. The number of hydrogen-bond acceptors (Lipinski definition) is 18. The van der Waals surface area contributed by atoms with Crippen LogP contribution in [-0.2, 0) is 62.1 Å². The predicted molar refractivity (Wildman–Crippen MR) is 250 cm³/mol. The number of aliphatic hydroxyl groups excluding tert-OH is 1. The van der Waals surface area contributed by atoms with Crippen LogP contribution in [0.2, 0.25) is 0 Å². The van der Waals surface area contributed by atoms with Crippen LogP contribution in [0.15, 0.2) is 4.99 Å². The van der Waals surface area contributed by atoms with E-state index < -0.39 is 78.6 Å². The van der Waals surface area contributed by atoms with Gasteiger partial charge < -0.3 is 77.8 Å². The van der Waals surface area contributed by atoms with E-state index in [1.165, 1.54) is 18.7 Å². The normalized spacial score (nSPS) is 18.3. The zero-order valence-corrected chi connectivity index (χ0v) is 40.4. The van der Waals surface area contributed by atoms with Gasteiger partial charge >= 0.3 is 5.97 Å². The highest BCUT2D eigenvalue weighted by Gasteiger charge is 2.43. The summed E-state index contributed by atoms with van der Waals surface area (Å²) in [6, 6.07) is -6.28. The molecule has 0 aliphatic carbocycles. The molecule has 0 aromatic rings. The molecule has 69 heavy (non-hydrogen) atoms. The Morgan fingerprint density at radius 2 is 1.38 bits per heavy atom. The lowest BCUT2D eigenvalue weighted by Gasteiger charge is -2.31. The van der Waals surface area contributed by atoms with E-state index in [0.29, 0.717) is 38.6 Å². The average Bonchev–Trinajstić information content (AvgIpc) is 4.01. The molecular formula is C42H73N11O15S. The van der Waals surface area contributed by atoms with E-state index >= 15 is 0 Å². The number of thioether (sulfide) groups is 1. The predicted octanol–water partition coefficient (Wildman–Crippen LogP) is -4.65. The van der Waals surface area contributed by atoms with Crippen molar-refractivity contribution in [1.82, 2.24) is 36.8 Å². The van der Waals surface area contributed by atoms with E-state index in [4.69, 9.17) is 36.1 Å². The lowest BCUT2D eigenvalue weighted by atomic mass is 10.00. The quantitative estimate of drug-likeness (QED) is 0.0160. The van der Waals surface area contributed by atoms with Crippen LogP contribution in [0.1, 0.15) is 71.6 Å². The Labute approximate surface area is 405 Å². The highest BCUT2D eigenvalue weighted by atomic mass is 32.2. The number of aliphatic imine (C=N–C) groups is 1. The molecule has 0 saturated carbocycles. The Balaban J connectivity index is 1.77. The van der Waals surface area contributed by atoms with E-state index in [0.717, 1.165) is 11.8 Å². The molecule has 0 aromatic carbocycles. The number of nitrogens with one attached hydrogen (secondary N) is 6. The number of nitrogens with zero attached hydrogens (tertiary/aromatic N) is 2. The van der Waals surface area contributed by atoms with Crippen LogP contribution in [0.5, 0.6) is 0 Å². The van der Waals surface area contributed by atoms with E-state index in [9.17, 15) is 53.4 Å². The van der Waals surface area contributed by atoms with Crippen LogP contribution in [-0.4, -0.2) is 207 Å². The number of guanidine groups is 1. The number of Topliss-reactive ketones (excluding diaryl/α,β-unsaturated/α-hetero) is 1. The van der Waals surface area contributed by atoms with Crippen LogP contribution >= 0.6 is 11.8 Å². The molecule has 27 heteroatoms. The third-order valence-corrected chi connectivity index (χ3v) is 11.4. The molecule has 0 radical (unpaired) electrons. The number of carboxylic acids is 1. The van der Waals surface area contributed by atoms with Gasteiger partial charge in [0.05, 0.1) is 69.6 Å². The third kappa shape index (κ3) is 24.9. The summed E-state index contributed by atoms with van der Waals surface area (Å²) >= 11 is 0.918. The van der Waals surface area contributed by atoms with E-state index in [2.05, 4.69) is 36.9 Å². The number of aliphatic hydroxyl groups is 1. The fraction of sp³-hybridized carbons (Fsp3) is 0.762. The molecule has 0 bridgehead atoms. The van der Waals surface area contributed by atoms with Gasteiger partial charge in [0.15, 0.2) is 16.9 Å². The van der Waals surface area contributed by atoms with Gasteiger partial charge in [0, 0.05) is 33.1 Å². The lowest BCUT2D eigenvalue weighted by molar-refractivity contribution is -0.142. The zero-order valence-electron chi connectivity index (χ0n) is 39.5. The fourth-order valence-electron chi connectivity index (χ4n) is 7.16. The summed E-state index contributed by atoms with van der Waals surface area (Å²) in [6.45, 7) is 4.00. The SMILES string of the molecule is CC(=O)SCC(=O)NCCOCCOCC(=O)NCCOCCOCC(=O)N[C@H](C(=O)N[C@@H](CCCCN)C(=O)N1CCC[C@H]1C(=O)C1CC[C@@H](C(=O)N[C@@H](CCCN=C(N)N)C(=O)O)N1)[C@@H](C)O. The number of amides is 6. The topological polar surface area (TPSA) is 397 Å². The summed E-state index contributed by atoms with van der Waals surface area (Å²) in [6.07, 6.45) is 1.52. The number of aliphatic carboxylic acids is 1. The Hall–Kier alpha value is -5.03. The Morgan fingerprint density at radius 1 is 0.768 bits per heavy atom. The van der Waals surface area contributed by atoms with Crippen molar-refractivity contribution in [1.29, 1.82) is 0 Å². The largest absolute Gasteiger partial charge is 0.480 e. The number of carboxylic acid groups (broad SMARTS) is 1. The first kappa shape index (κ1) is 60.1. The van der Waals surface area contributed by atoms with Crippen LogP contribution in [0.3, 0.4) is 0 Å². The van der Waals surface area contributed by atoms with Crippen molar-refractivity contribution in [3.05, 3.63) is 0 Å². The molecule has 2 fully saturated rings. The molecule has 2 heterocycles. The van der Waals surface area contributed by atoms with Gasteiger partial charge in [-0.3, -0.25) is 48.7 Å². The molecule has 7 atom stereocenters. The minimum atomic E-state index is -1.47. The molecule has 14 N–H and O–H groups in total. The average molecular weight is 1000 g/mol. The smallest absolute Gasteiger partial charge is 0.326 e. The monoisotopic (exact) mass is 1000 g/mol. The van der Waals surface area contributed by atoms with Gasteiger partial charge in [-0.2, -0.15) is 0 Å². The van der Waals surface area contributed by atoms with Crippen molar-refractivity contribution in [2.24, 2.45) is 22.2 Å². The molecule has 392 valence electrons. The van der Waals surface area contributed by atoms with Gasteiger partial charge in [0.2, 0.25) is 35.4 Å². The summed E-state index contributed by atoms with van der Waals surface area (Å²) in [5.41, 5.74) is 16.3. The van der Waals surface area contributed by atoms with Gasteiger partial charge in [-0.15, -0.1) is 0 Å². The van der Waals surface area contributed by atoms with Crippen molar-refractivity contribution in [3.63, 3.8) is 0 Å². The number of rotatable bonds is 36. The second-order valence-corrected chi connectivity index (χ2v) is 17.4. The van der Waals surface area contributed by atoms with Crippen molar-refractivity contribution in [3.8, 4) is 0 Å². The number of unbranched alkanes of at least 4 members (excludes halogenated alkanes) is 1. The fourth-order valence-corrected chi connectivity index (χ4v) is 7.60. The highest BCUT2D eigenvalue weighted by Crippen LogP contribution is 2.25. The van der Waals surface area contributed by atoms with Gasteiger partial charge in [-0.05, 0) is 71.3 Å². The number of hydrogen-bond donors (Lipinski definition) is 11. The minimum absolute atomic E-state index is 0.0112. The standard InChI is InChI=1S/C42H73N11O15S/c1-26(54)36(52-34(57)24-68-22-20-65-17-14-46-33(56)23-67-21-19-66-18-15-47-35(58)25-69-27(2)55)39(61)50-30(7-3-4-12-43)40(62)53-16-6-9-32(53)37(59)28-10-11-29(49-28)38(60)51-31(41(63)64)8-5-13-48-42(44)45/h26,28-32,36,49,54H,3-25,43H2,1-2H3,(H,46,56)(H,47,58)(H,50,61)(H,51,60)(H,52,57)(H,63,64)(H4,44,45,48)/t26-,28?,29+,30+,31+,32+,36+/m1/s1. The Morgan fingerprint density at radius 3 is 1.99 bits per heavy atom. The first-order chi connectivity index (χ1) is 32.9. The van der Waals surface area contributed by atoms with Crippen molar-refractivity contribution < 1.29 is 72.3 Å². The molecule has 2 aliphatic heterocycles. The van der Waals surface area contributed by atoms with Gasteiger partial charge in [-0.1, -0.05) is 11.8 Å². The van der Waals surface area contributed by atoms with Crippen LogP contribution < -0.4 is 49.1 Å². The lowest BCUT2D eigenvalue weighted by Crippen LogP contribution is -2.59. The summed E-state index contributed by atoms with van der Waals surface area (Å²) in [4.78, 5) is 119. The van der Waals surface area contributed by atoms with Gasteiger partial charge in [0.25, 0.3) is 0 Å². The zero-order chi connectivity index (χ0) is 51.1. The Kier molecular flexibility index (Phi) is 29.9. The van der Waals surface area contributed by atoms with E-state index in [-0.39, 0.29) is 133 Å². The number of likely N-dealkylation sites (tertiary alicyclic amines) is 1. The number of carbonyl (C=O) groups is 9. The molecule has 6 amide bonds. The number of carbonyl (C=O) groups excluding carboxylic acids is 8. The number of ether oxygens (including phenoxy) is 4. The van der Waals surface area contributed by atoms with E-state index in [1.54, 1.807) is 0 Å². The second kappa shape index (κ2) is 34.3. The Bertz CT molecular complexity index is 1710. The first-order valence-corrected chi connectivity index (χ1v) is 24.1. The molecular weight excluding hydrogens is 931 g/mol. The van der Waals surface area contributed by atoms with Crippen LogP contribution in [0.25, 0.3) is 0 Å². The molecule has 2 aliphatic rings. The molecule has 2 saturated heterocycles. The molecule has 2 rings (SSSR count). The van der Waals surface area contributed by atoms with Crippen LogP contribution in [0, 0.1) is 0 Å². The van der Waals surface area contributed by atoms with E-state index in [1.807, 2.05) is 0 Å².